The fraction of sp³-hybridized carbons (Fsp3) is 0.476. The predicted octanol–water partition coefficient (Wildman–Crippen LogP) is 2.27. The maximum Gasteiger partial charge on any atom is 0.272 e. The van der Waals surface area contributed by atoms with E-state index < -0.39 is 9.84 Å². The number of amides is 1. The Bertz CT molecular complexity index is 1230. The number of ether oxygens (including phenoxy) is 1. The monoisotopic (exact) mass is 444 g/mol. The molecule has 1 amide bonds. The molecule has 5 rings (SSSR count). The van der Waals surface area contributed by atoms with Crippen molar-refractivity contribution in [3.63, 3.8) is 0 Å². The molecule has 2 aliphatic rings. The molecular formula is C21H24N4O5S. The molecular weight excluding hydrogens is 420 g/mol. The lowest BCUT2D eigenvalue weighted by Crippen LogP contribution is -2.32. The first kappa shape index (κ1) is 20.2. The maximum absolute atomic E-state index is 13.1. The summed E-state index contributed by atoms with van der Waals surface area (Å²) in [4.78, 5) is 22.2. The zero-order valence-electron chi connectivity index (χ0n) is 17.2. The van der Waals surface area contributed by atoms with Crippen LogP contribution in [-0.4, -0.2) is 59.6 Å². The average molecular weight is 445 g/mol. The topological polar surface area (TPSA) is 116 Å². The Kier molecular flexibility index (Phi) is 5.05. The third kappa shape index (κ3) is 3.85. The number of furan rings is 1. The summed E-state index contributed by atoms with van der Waals surface area (Å²) in [6, 6.07) is 5.13. The lowest BCUT2D eigenvalue weighted by atomic mass is 10.2. The molecule has 10 heteroatoms. The molecule has 2 saturated heterocycles. The van der Waals surface area contributed by atoms with E-state index in [-0.39, 0.29) is 35.3 Å². The molecule has 164 valence electrons. The van der Waals surface area contributed by atoms with Crippen LogP contribution in [0.3, 0.4) is 0 Å². The van der Waals surface area contributed by atoms with Crippen molar-refractivity contribution in [2.75, 3.05) is 24.7 Å². The van der Waals surface area contributed by atoms with E-state index in [1.165, 1.54) is 0 Å². The summed E-state index contributed by atoms with van der Waals surface area (Å²) in [5.74, 6) is 1.07. The van der Waals surface area contributed by atoms with Crippen LogP contribution in [0, 0.1) is 6.92 Å². The first-order valence-electron chi connectivity index (χ1n) is 10.4. The van der Waals surface area contributed by atoms with Crippen LogP contribution in [0.4, 0.5) is 0 Å². The summed E-state index contributed by atoms with van der Waals surface area (Å²) in [5, 5.41) is 2.91. The number of hydrogen-bond donors (Lipinski definition) is 1. The van der Waals surface area contributed by atoms with Crippen molar-refractivity contribution >= 4 is 26.8 Å². The van der Waals surface area contributed by atoms with Crippen molar-refractivity contribution in [1.82, 2.24) is 19.9 Å². The molecule has 3 aromatic heterocycles. The maximum atomic E-state index is 13.1. The van der Waals surface area contributed by atoms with Gasteiger partial charge in [-0.3, -0.25) is 4.79 Å². The van der Waals surface area contributed by atoms with Crippen molar-refractivity contribution in [3.8, 4) is 11.5 Å². The minimum absolute atomic E-state index is 0.00989. The minimum Gasteiger partial charge on any atom is -0.463 e. The second-order valence-electron chi connectivity index (χ2n) is 8.13. The van der Waals surface area contributed by atoms with Gasteiger partial charge in [-0.15, -0.1) is 0 Å². The molecule has 0 spiro atoms. The van der Waals surface area contributed by atoms with Gasteiger partial charge in [0, 0.05) is 13.2 Å². The van der Waals surface area contributed by atoms with E-state index in [0.29, 0.717) is 47.9 Å². The van der Waals surface area contributed by atoms with Gasteiger partial charge in [0.25, 0.3) is 5.91 Å². The van der Waals surface area contributed by atoms with E-state index >= 15 is 0 Å². The number of aromatic nitrogens is 3. The zero-order valence-corrected chi connectivity index (χ0v) is 18.0. The van der Waals surface area contributed by atoms with E-state index in [1.807, 2.05) is 17.6 Å². The molecule has 2 aliphatic heterocycles. The fourth-order valence-corrected chi connectivity index (χ4v) is 6.15. The van der Waals surface area contributed by atoms with Crippen LogP contribution in [0.15, 0.2) is 28.9 Å². The lowest BCUT2D eigenvalue weighted by Gasteiger charge is -2.14. The normalized spacial score (nSPS) is 22.9. The Hall–Kier alpha value is -2.72. The number of carbonyl (C=O) groups excluding carboxylic acids is 1. The second kappa shape index (κ2) is 7.76. The van der Waals surface area contributed by atoms with Crippen molar-refractivity contribution in [2.24, 2.45) is 0 Å². The van der Waals surface area contributed by atoms with Gasteiger partial charge in [-0.25, -0.2) is 18.4 Å². The number of aryl methyl sites for hydroxylation is 1. The number of imidazole rings is 1. The fourth-order valence-electron chi connectivity index (χ4n) is 4.45. The van der Waals surface area contributed by atoms with Crippen LogP contribution in [-0.2, 0) is 14.6 Å². The Morgan fingerprint density at radius 1 is 1.32 bits per heavy atom. The molecule has 3 aromatic rings. The van der Waals surface area contributed by atoms with Crippen LogP contribution >= 0.6 is 0 Å². The third-order valence-corrected chi connectivity index (χ3v) is 7.68. The third-order valence-electron chi connectivity index (χ3n) is 5.93. The van der Waals surface area contributed by atoms with E-state index in [9.17, 15) is 13.2 Å². The molecule has 0 unspecified atom stereocenters. The number of nitrogens with zero attached hydrogens (tertiary/aromatic N) is 3. The zero-order chi connectivity index (χ0) is 21.6. The molecule has 0 aromatic carbocycles. The summed E-state index contributed by atoms with van der Waals surface area (Å²) in [6.45, 7) is 2.95. The van der Waals surface area contributed by atoms with Gasteiger partial charge in [0.05, 0.1) is 35.4 Å². The van der Waals surface area contributed by atoms with E-state index in [0.717, 1.165) is 12.8 Å². The number of pyridine rings is 1. The highest BCUT2D eigenvalue weighted by atomic mass is 32.2. The molecule has 0 radical (unpaired) electrons. The SMILES string of the molecule is Cc1nc2c(C(=O)NC[C@@H]3CCCO3)nc(-c3ccco3)cc2n1[C@H]1CCS(=O)(=O)C1. The molecule has 31 heavy (non-hydrogen) atoms. The highest BCUT2D eigenvalue weighted by molar-refractivity contribution is 7.91. The van der Waals surface area contributed by atoms with Crippen LogP contribution < -0.4 is 5.32 Å². The second-order valence-corrected chi connectivity index (χ2v) is 10.4. The molecule has 2 fully saturated rings. The molecule has 0 saturated carbocycles. The number of rotatable bonds is 5. The predicted molar refractivity (Wildman–Crippen MR) is 114 cm³/mol. The van der Waals surface area contributed by atoms with Gasteiger partial charge in [0.15, 0.2) is 21.3 Å². The summed E-state index contributed by atoms with van der Waals surface area (Å²) in [6.07, 6.45) is 3.98. The summed E-state index contributed by atoms with van der Waals surface area (Å²) in [5.41, 5.74) is 1.84. The van der Waals surface area contributed by atoms with Gasteiger partial charge in [-0.2, -0.15) is 0 Å². The van der Waals surface area contributed by atoms with Crippen molar-refractivity contribution in [1.29, 1.82) is 0 Å². The summed E-state index contributed by atoms with van der Waals surface area (Å²) >= 11 is 0. The summed E-state index contributed by atoms with van der Waals surface area (Å²) < 4.78 is 37.2. The minimum atomic E-state index is -3.08. The van der Waals surface area contributed by atoms with Gasteiger partial charge in [0.2, 0.25) is 0 Å². The molecule has 5 heterocycles. The average Bonchev–Trinajstić information content (AvgIpc) is 3.52. The van der Waals surface area contributed by atoms with Gasteiger partial charge in [-0.1, -0.05) is 0 Å². The van der Waals surface area contributed by atoms with E-state index in [2.05, 4.69) is 15.3 Å². The van der Waals surface area contributed by atoms with Crippen LogP contribution in [0.2, 0.25) is 0 Å². The van der Waals surface area contributed by atoms with Gasteiger partial charge in [0.1, 0.15) is 17.0 Å². The Morgan fingerprint density at radius 2 is 2.19 bits per heavy atom. The Labute approximate surface area is 179 Å². The largest absolute Gasteiger partial charge is 0.463 e. The number of carbonyl (C=O) groups is 1. The highest BCUT2D eigenvalue weighted by Crippen LogP contribution is 2.32. The molecule has 2 atom stereocenters. The van der Waals surface area contributed by atoms with Crippen molar-refractivity contribution < 1.29 is 22.4 Å². The van der Waals surface area contributed by atoms with Crippen LogP contribution in [0.5, 0.6) is 0 Å². The number of sulfone groups is 1. The smallest absolute Gasteiger partial charge is 0.272 e. The Morgan fingerprint density at radius 3 is 2.87 bits per heavy atom. The molecule has 0 bridgehead atoms. The molecule has 1 N–H and O–H groups in total. The Balaban J connectivity index is 1.58. The summed E-state index contributed by atoms with van der Waals surface area (Å²) in [7, 11) is -3.08. The van der Waals surface area contributed by atoms with Gasteiger partial charge in [-0.05, 0) is 44.4 Å². The van der Waals surface area contributed by atoms with E-state index in [4.69, 9.17) is 9.15 Å². The van der Waals surface area contributed by atoms with Crippen LogP contribution in [0.1, 0.15) is 41.6 Å². The lowest BCUT2D eigenvalue weighted by molar-refractivity contribution is 0.0855. The van der Waals surface area contributed by atoms with Gasteiger partial charge < -0.3 is 19.0 Å². The van der Waals surface area contributed by atoms with Crippen molar-refractivity contribution in [2.45, 2.75) is 38.3 Å². The molecule has 9 nitrogen and oxygen atoms in total. The highest BCUT2D eigenvalue weighted by Gasteiger charge is 2.32. The quantitative estimate of drug-likeness (QED) is 0.642. The number of fused-ring (bicyclic) bond motifs is 1. The first-order chi connectivity index (χ1) is 14.9. The number of nitrogens with one attached hydrogen (secondary N) is 1. The van der Waals surface area contributed by atoms with Gasteiger partial charge >= 0.3 is 0 Å². The van der Waals surface area contributed by atoms with Crippen molar-refractivity contribution in [3.05, 3.63) is 36.0 Å². The molecule has 0 aliphatic carbocycles. The standard InChI is InChI=1S/C21H24N4O5S/c1-13-23-19-17(25(13)14-6-9-31(27,28)12-14)10-16(18-5-3-8-30-18)24-20(19)21(26)22-11-15-4-2-7-29-15/h3,5,8,10,14-15H,2,4,6-7,9,11-12H2,1H3,(H,22,26)/t14-,15-/m0/s1. The van der Waals surface area contributed by atoms with E-state index in [1.54, 1.807) is 18.4 Å². The number of hydrogen-bond acceptors (Lipinski definition) is 7. The first-order valence-corrected chi connectivity index (χ1v) is 12.3. The van der Waals surface area contributed by atoms with Crippen LogP contribution in [0.25, 0.3) is 22.5 Å².